The van der Waals surface area contributed by atoms with Crippen LogP contribution in [0.4, 0.5) is 5.69 Å². The highest BCUT2D eigenvalue weighted by Gasteiger charge is 2.01. The van der Waals surface area contributed by atoms with Gasteiger partial charge in [0.2, 0.25) is 5.91 Å². The highest BCUT2D eigenvalue weighted by Crippen LogP contribution is 2.10. The van der Waals surface area contributed by atoms with Gasteiger partial charge >= 0.3 is 0 Å². The molecule has 0 aliphatic carbocycles. The van der Waals surface area contributed by atoms with Gasteiger partial charge in [-0.15, -0.1) is 6.42 Å². The number of anilines is 1. The van der Waals surface area contributed by atoms with Gasteiger partial charge in [-0.2, -0.15) is 0 Å². The summed E-state index contributed by atoms with van der Waals surface area (Å²) in [5, 5.41) is 2.84. The van der Waals surface area contributed by atoms with E-state index in [4.69, 9.17) is 6.42 Å². The van der Waals surface area contributed by atoms with E-state index in [2.05, 4.69) is 18.2 Å². The number of rotatable bonds is 5. The summed E-state index contributed by atoms with van der Waals surface area (Å²) in [5.41, 5.74) is 1.56. The largest absolute Gasteiger partial charge is 0.326 e. The predicted octanol–water partition coefficient (Wildman–Crippen LogP) is 3.19. The molecule has 1 rings (SSSR count). The molecule has 84 valence electrons. The minimum atomic E-state index is 0.0580. The van der Waals surface area contributed by atoms with E-state index in [-0.39, 0.29) is 5.91 Å². The average Bonchev–Trinajstić information content (AvgIpc) is 2.29. The first-order valence-electron chi connectivity index (χ1n) is 5.62. The molecule has 16 heavy (non-hydrogen) atoms. The molecule has 0 aliphatic heterocycles. The normalized spacial score (nSPS) is 9.50. The van der Waals surface area contributed by atoms with Crippen molar-refractivity contribution in [1.82, 2.24) is 0 Å². The maximum atomic E-state index is 11.5. The molecule has 1 aromatic rings. The molecule has 0 aromatic heterocycles. The summed E-state index contributed by atoms with van der Waals surface area (Å²) >= 11 is 0. The average molecular weight is 215 g/mol. The van der Waals surface area contributed by atoms with Gasteiger partial charge in [-0.1, -0.05) is 31.8 Å². The van der Waals surface area contributed by atoms with E-state index in [0.717, 1.165) is 30.5 Å². The Morgan fingerprint density at radius 2 is 2.25 bits per heavy atom. The fourth-order valence-corrected chi connectivity index (χ4v) is 1.45. The summed E-state index contributed by atoms with van der Waals surface area (Å²) in [5.74, 6) is 2.60. The van der Waals surface area contributed by atoms with Crippen LogP contribution in [0.25, 0.3) is 0 Å². The van der Waals surface area contributed by atoms with Crippen molar-refractivity contribution < 1.29 is 4.79 Å². The number of unbranched alkanes of at least 4 members (excludes halogenated alkanes) is 2. The van der Waals surface area contributed by atoms with E-state index >= 15 is 0 Å². The second-order valence-corrected chi connectivity index (χ2v) is 3.73. The molecule has 0 saturated carbocycles. The zero-order valence-corrected chi connectivity index (χ0v) is 9.62. The maximum absolute atomic E-state index is 11.5. The molecule has 0 spiro atoms. The van der Waals surface area contributed by atoms with Crippen molar-refractivity contribution in [3.05, 3.63) is 29.8 Å². The fraction of sp³-hybridized carbons (Fsp3) is 0.357. The van der Waals surface area contributed by atoms with Crippen molar-refractivity contribution >= 4 is 11.6 Å². The van der Waals surface area contributed by atoms with E-state index in [9.17, 15) is 4.79 Å². The predicted molar refractivity (Wildman–Crippen MR) is 67.1 cm³/mol. The second kappa shape index (κ2) is 6.68. The maximum Gasteiger partial charge on any atom is 0.224 e. The van der Waals surface area contributed by atoms with Crippen molar-refractivity contribution in [2.24, 2.45) is 0 Å². The molecular formula is C14H17NO. The minimum Gasteiger partial charge on any atom is -0.326 e. The standard InChI is InChI=1S/C14H17NO/c1-3-5-6-10-14(16)15-13-9-7-8-12(4-2)11-13/h2,7-9,11H,3,5-6,10H2,1H3,(H,15,16). The third-order valence-electron chi connectivity index (χ3n) is 2.32. The fourth-order valence-electron chi connectivity index (χ4n) is 1.45. The van der Waals surface area contributed by atoms with Crippen LogP contribution in [0.1, 0.15) is 38.2 Å². The van der Waals surface area contributed by atoms with Crippen LogP contribution in [0.2, 0.25) is 0 Å². The molecule has 0 heterocycles. The Morgan fingerprint density at radius 3 is 2.94 bits per heavy atom. The molecule has 0 unspecified atom stereocenters. The Labute approximate surface area is 97.1 Å². The number of amides is 1. The third kappa shape index (κ3) is 4.18. The summed E-state index contributed by atoms with van der Waals surface area (Å²) in [6, 6.07) is 7.33. The first kappa shape index (κ1) is 12.3. The van der Waals surface area contributed by atoms with Crippen LogP contribution in [0.15, 0.2) is 24.3 Å². The molecular weight excluding hydrogens is 198 g/mol. The molecule has 1 amide bonds. The highest BCUT2D eigenvalue weighted by molar-refractivity contribution is 5.90. The van der Waals surface area contributed by atoms with Crippen molar-refractivity contribution in [1.29, 1.82) is 0 Å². The summed E-state index contributed by atoms with van der Waals surface area (Å²) in [6.45, 7) is 2.12. The minimum absolute atomic E-state index is 0.0580. The van der Waals surface area contributed by atoms with E-state index in [1.165, 1.54) is 0 Å². The van der Waals surface area contributed by atoms with E-state index in [1.54, 1.807) is 6.07 Å². The first-order valence-corrected chi connectivity index (χ1v) is 5.62. The number of nitrogens with one attached hydrogen (secondary N) is 1. The number of hydrogen-bond donors (Lipinski definition) is 1. The Balaban J connectivity index is 2.47. The Kier molecular flexibility index (Phi) is 5.15. The lowest BCUT2D eigenvalue weighted by Crippen LogP contribution is -2.10. The van der Waals surface area contributed by atoms with Gasteiger partial charge in [-0.3, -0.25) is 4.79 Å². The molecule has 2 nitrogen and oxygen atoms in total. The van der Waals surface area contributed by atoms with E-state index < -0.39 is 0 Å². The number of carbonyl (C=O) groups excluding carboxylic acids is 1. The van der Waals surface area contributed by atoms with Crippen LogP contribution >= 0.6 is 0 Å². The molecule has 1 N–H and O–H groups in total. The van der Waals surface area contributed by atoms with Gasteiger partial charge in [0.1, 0.15) is 0 Å². The van der Waals surface area contributed by atoms with Crippen molar-refractivity contribution in [3.63, 3.8) is 0 Å². The lowest BCUT2D eigenvalue weighted by Gasteiger charge is -2.05. The lowest BCUT2D eigenvalue weighted by atomic mass is 10.2. The molecule has 0 aliphatic rings. The Morgan fingerprint density at radius 1 is 1.44 bits per heavy atom. The van der Waals surface area contributed by atoms with Crippen LogP contribution < -0.4 is 5.32 Å². The van der Waals surface area contributed by atoms with Gasteiger partial charge in [0.25, 0.3) is 0 Å². The third-order valence-corrected chi connectivity index (χ3v) is 2.32. The molecule has 0 fully saturated rings. The molecule has 1 aromatic carbocycles. The molecule has 0 atom stereocenters. The Bertz CT molecular complexity index is 390. The molecule has 0 bridgehead atoms. The van der Waals surface area contributed by atoms with Gasteiger partial charge in [-0.05, 0) is 24.6 Å². The summed E-state index contributed by atoms with van der Waals surface area (Å²) in [4.78, 5) is 11.5. The monoisotopic (exact) mass is 215 g/mol. The highest BCUT2D eigenvalue weighted by atomic mass is 16.1. The van der Waals surface area contributed by atoms with Crippen molar-refractivity contribution in [2.45, 2.75) is 32.6 Å². The lowest BCUT2D eigenvalue weighted by molar-refractivity contribution is -0.116. The zero-order valence-electron chi connectivity index (χ0n) is 9.62. The van der Waals surface area contributed by atoms with Gasteiger partial charge < -0.3 is 5.32 Å². The quantitative estimate of drug-likeness (QED) is 0.593. The summed E-state index contributed by atoms with van der Waals surface area (Å²) < 4.78 is 0. The number of benzene rings is 1. The number of hydrogen-bond acceptors (Lipinski definition) is 1. The van der Waals surface area contributed by atoms with Gasteiger partial charge in [-0.25, -0.2) is 0 Å². The molecule has 2 heteroatoms. The van der Waals surface area contributed by atoms with Gasteiger partial charge in [0, 0.05) is 17.7 Å². The number of terminal acetylenes is 1. The van der Waals surface area contributed by atoms with Gasteiger partial charge in [0.05, 0.1) is 0 Å². The van der Waals surface area contributed by atoms with Crippen LogP contribution in [0, 0.1) is 12.3 Å². The Hall–Kier alpha value is -1.75. The molecule has 0 radical (unpaired) electrons. The number of carbonyl (C=O) groups is 1. The van der Waals surface area contributed by atoms with E-state index in [1.807, 2.05) is 18.2 Å². The summed E-state index contributed by atoms with van der Waals surface area (Å²) in [7, 11) is 0. The van der Waals surface area contributed by atoms with Gasteiger partial charge in [0.15, 0.2) is 0 Å². The topological polar surface area (TPSA) is 29.1 Å². The van der Waals surface area contributed by atoms with Crippen molar-refractivity contribution in [3.8, 4) is 12.3 Å². The zero-order chi connectivity index (χ0) is 11.8. The van der Waals surface area contributed by atoms with Crippen LogP contribution in [0.5, 0.6) is 0 Å². The smallest absolute Gasteiger partial charge is 0.224 e. The van der Waals surface area contributed by atoms with E-state index in [0.29, 0.717) is 6.42 Å². The van der Waals surface area contributed by atoms with Crippen LogP contribution in [-0.2, 0) is 4.79 Å². The van der Waals surface area contributed by atoms with Crippen LogP contribution in [-0.4, -0.2) is 5.91 Å². The van der Waals surface area contributed by atoms with Crippen molar-refractivity contribution in [2.75, 3.05) is 5.32 Å². The second-order valence-electron chi connectivity index (χ2n) is 3.73. The summed E-state index contributed by atoms with van der Waals surface area (Å²) in [6.07, 6.45) is 9.02. The van der Waals surface area contributed by atoms with Crippen LogP contribution in [0.3, 0.4) is 0 Å². The first-order chi connectivity index (χ1) is 7.76. The molecule has 0 saturated heterocycles. The SMILES string of the molecule is C#Cc1cccc(NC(=O)CCCCC)c1.